The first-order valence-corrected chi connectivity index (χ1v) is 8.79. The molecule has 0 aliphatic heterocycles. The molecular weight excluding hydrogens is 309 g/mol. The summed E-state index contributed by atoms with van der Waals surface area (Å²) in [4.78, 5) is 14.0. The van der Waals surface area contributed by atoms with Gasteiger partial charge in [0.15, 0.2) is 5.78 Å². The van der Waals surface area contributed by atoms with Crippen molar-refractivity contribution >= 4 is 22.1 Å². The predicted molar refractivity (Wildman–Crippen MR) is 93.5 cm³/mol. The van der Waals surface area contributed by atoms with E-state index in [-0.39, 0.29) is 11.2 Å². The summed E-state index contributed by atoms with van der Waals surface area (Å²) in [5.74, 6) is 0.0465. The molecule has 2 nitrogen and oxygen atoms in total. The molecule has 23 heavy (non-hydrogen) atoms. The standard InChI is InChI=1S/C19H22FNOS/c1-19(2,3)12-7-8-14-15(10-12)23-18(21)16(14)17(22)11-5-4-6-13(20)9-11/h4-6,9,12H,7-8,10,21H2,1-3H3. The van der Waals surface area contributed by atoms with Crippen LogP contribution < -0.4 is 5.73 Å². The minimum atomic E-state index is -0.397. The molecule has 0 amide bonds. The first-order valence-electron chi connectivity index (χ1n) is 7.97. The first-order chi connectivity index (χ1) is 10.8. The smallest absolute Gasteiger partial charge is 0.196 e. The number of nitrogen functional groups attached to an aromatic ring is 1. The first kappa shape index (κ1) is 16.2. The van der Waals surface area contributed by atoms with Gasteiger partial charge in [0.1, 0.15) is 5.82 Å². The van der Waals surface area contributed by atoms with Crippen LogP contribution in [-0.2, 0) is 12.8 Å². The predicted octanol–water partition coefficient (Wildman–Crippen LogP) is 4.85. The normalized spacial score (nSPS) is 17.8. The van der Waals surface area contributed by atoms with Gasteiger partial charge in [-0.2, -0.15) is 0 Å². The molecule has 0 spiro atoms. The fourth-order valence-electron chi connectivity index (χ4n) is 3.37. The molecule has 0 fully saturated rings. The Bertz CT molecular complexity index is 757. The van der Waals surface area contributed by atoms with Gasteiger partial charge in [-0.15, -0.1) is 11.3 Å². The number of hydrogen-bond acceptors (Lipinski definition) is 3. The van der Waals surface area contributed by atoms with Crippen LogP contribution in [0.15, 0.2) is 24.3 Å². The fraction of sp³-hybridized carbons (Fsp3) is 0.421. The van der Waals surface area contributed by atoms with Crippen LogP contribution in [0, 0.1) is 17.2 Å². The molecule has 1 atom stereocenters. The van der Waals surface area contributed by atoms with Crippen molar-refractivity contribution in [3.63, 3.8) is 0 Å². The zero-order valence-electron chi connectivity index (χ0n) is 13.8. The van der Waals surface area contributed by atoms with Crippen molar-refractivity contribution in [3.05, 3.63) is 51.7 Å². The number of nitrogens with two attached hydrogens (primary N) is 1. The highest BCUT2D eigenvalue weighted by Gasteiger charge is 2.33. The maximum absolute atomic E-state index is 13.4. The number of rotatable bonds is 2. The maximum Gasteiger partial charge on any atom is 0.196 e. The number of benzene rings is 1. The summed E-state index contributed by atoms with van der Waals surface area (Å²) < 4.78 is 13.4. The van der Waals surface area contributed by atoms with Crippen molar-refractivity contribution in [2.45, 2.75) is 40.0 Å². The molecule has 0 saturated heterocycles. The molecule has 1 unspecified atom stereocenters. The van der Waals surface area contributed by atoms with Gasteiger partial charge in [0.05, 0.1) is 10.6 Å². The Morgan fingerprint density at radius 2 is 2.09 bits per heavy atom. The summed E-state index contributed by atoms with van der Waals surface area (Å²) in [6.07, 6.45) is 2.92. The SMILES string of the molecule is CC(C)(C)C1CCc2c(sc(N)c2C(=O)c2cccc(F)c2)C1. The van der Waals surface area contributed by atoms with E-state index in [4.69, 9.17) is 5.73 Å². The number of halogens is 1. The average molecular weight is 331 g/mol. The Labute approximate surface area is 140 Å². The second-order valence-electron chi connectivity index (χ2n) is 7.39. The number of carbonyl (C=O) groups excluding carboxylic acids is 1. The van der Waals surface area contributed by atoms with Gasteiger partial charge < -0.3 is 5.73 Å². The third-order valence-electron chi connectivity index (χ3n) is 4.83. The van der Waals surface area contributed by atoms with Crippen molar-refractivity contribution < 1.29 is 9.18 Å². The highest BCUT2D eigenvalue weighted by molar-refractivity contribution is 7.16. The Morgan fingerprint density at radius 3 is 2.74 bits per heavy atom. The van der Waals surface area contributed by atoms with E-state index in [1.165, 1.54) is 28.3 Å². The van der Waals surface area contributed by atoms with Crippen molar-refractivity contribution in [1.29, 1.82) is 0 Å². The lowest BCUT2D eigenvalue weighted by Gasteiger charge is -2.33. The monoisotopic (exact) mass is 331 g/mol. The number of ketones is 1. The minimum Gasteiger partial charge on any atom is -0.390 e. The van der Waals surface area contributed by atoms with Gasteiger partial charge in [-0.3, -0.25) is 4.79 Å². The van der Waals surface area contributed by atoms with Crippen molar-refractivity contribution in [3.8, 4) is 0 Å². The van der Waals surface area contributed by atoms with Crippen molar-refractivity contribution in [2.75, 3.05) is 5.73 Å². The third kappa shape index (κ3) is 3.05. The number of hydrogen-bond donors (Lipinski definition) is 1. The van der Waals surface area contributed by atoms with Crippen LogP contribution in [0.5, 0.6) is 0 Å². The molecule has 1 aliphatic rings. The summed E-state index contributed by atoms with van der Waals surface area (Å²) >= 11 is 1.53. The Hall–Kier alpha value is -1.68. The number of carbonyl (C=O) groups is 1. The van der Waals surface area contributed by atoms with Crippen LogP contribution >= 0.6 is 11.3 Å². The highest BCUT2D eigenvalue weighted by atomic mass is 32.1. The van der Waals surface area contributed by atoms with E-state index in [2.05, 4.69) is 20.8 Å². The van der Waals surface area contributed by atoms with Crippen molar-refractivity contribution in [1.82, 2.24) is 0 Å². The second-order valence-corrected chi connectivity index (χ2v) is 8.53. The van der Waals surface area contributed by atoms with E-state index >= 15 is 0 Å². The molecule has 4 heteroatoms. The van der Waals surface area contributed by atoms with Crippen LogP contribution in [0.2, 0.25) is 0 Å². The van der Waals surface area contributed by atoms with E-state index in [1.54, 1.807) is 12.1 Å². The number of anilines is 1. The fourth-order valence-corrected chi connectivity index (χ4v) is 4.56. The van der Waals surface area contributed by atoms with Gasteiger partial charge in [-0.1, -0.05) is 32.9 Å². The van der Waals surface area contributed by atoms with Gasteiger partial charge in [-0.05, 0) is 48.3 Å². The lowest BCUT2D eigenvalue weighted by molar-refractivity contribution is 0.103. The van der Waals surface area contributed by atoms with Gasteiger partial charge in [0.25, 0.3) is 0 Å². The minimum absolute atomic E-state index is 0.159. The van der Waals surface area contributed by atoms with Gasteiger partial charge in [-0.25, -0.2) is 4.39 Å². The van der Waals surface area contributed by atoms with Crippen LogP contribution in [0.4, 0.5) is 9.39 Å². The van der Waals surface area contributed by atoms with E-state index in [0.29, 0.717) is 22.0 Å². The molecule has 2 N–H and O–H groups in total. The third-order valence-corrected chi connectivity index (χ3v) is 5.91. The molecule has 1 aromatic carbocycles. The van der Waals surface area contributed by atoms with Gasteiger partial charge in [0.2, 0.25) is 0 Å². The quantitative estimate of drug-likeness (QED) is 0.799. The molecule has 2 aromatic rings. The molecule has 3 rings (SSSR count). The Kier molecular flexibility index (Phi) is 4.05. The second kappa shape index (κ2) is 5.75. The van der Waals surface area contributed by atoms with E-state index in [0.717, 1.165) is 24.8 Å². The molecule has 1 aliphatic carbocycles. The summed E-state index contributed by atoms with van der Waals surface area (Å²) in [5, 5.41) is 0.568. The average Bonchev–Trinajstić information content (AvgIpc) is 2.80. The zero-order valence-corrected chi connectivity index (χ0v) is 14.6. The van der Waals surface area contributed by atoms with E-state index in [9.17, 15) is 9.18 Å². The topological polar surface area (TPSA) is 43.1 Å². The molecule has 122 valence electrons. The van der Waals surface area contributed by atoms with Crippen LogP contribution in [-0.4, -0.2) is 5.78 Å². The van der Waals surface area contributed by atoms with Crippen molar-refractivity contribution in [2.24, 2.45) is 11.3 Å². The lowest BCUT2D eigenvalue weighted by atomic mass is 9.72. The van der Waals surface area contributed by atoms with E-state index < -0.39 is 5.82 Å². The summed E-state index contributed by atoms with van der Waals surface area (Å²) in [5.41, 5.74) is 8.46. The molecule has 1 aromatic heterocycles. The van der Waals surface area contributed by atoms with Gasteiger partial charge in [0, 0.05) is 10.4 Å². The van der Waals surface area contributed by atoms with Crippen LogP contribution in [0.25, 0.3) is 0 Å². The Morgan fingerprint density at radius 1 is 1.35 bits per heavy atom. The lowest BCUT2D eigenvalue weighted by Crippen LogP contribution is -2.26. The summed E-state index contributed by atoms with van der Waals surface area (Å²) in [6.45, 7) is 6.79. The molecule has 0 radical (unpaired) electrons. The molecular formula is C19H22FNOS. The van der Waals surface area contributed by atoms with Crippen LogP contribution in [0.1, 0.15) is 53.6 Å². The maximum atomic E-state index is 13.4. The largest absolute Gasteiger partial charge is 0.390 e. The summed E-state index contributed by atoms with van der Waals surface area (Å²) in [7, 11) is 0. The summed E-state index contributed by atoms with van der Waals surface area (Å²) in [6, 6.07) is 5.84. The number of thiophene rings is 1. The van der Waals surface area contributed by atoms with Gasteiger partial charge >= 0.3 is 0 Å². The molecule has 1 heterocycles. The van der Waals surface area contributed by atoms with Crippen LogP contribution in [0.3, 0.4) is 0 Å². The zero-order chi connectivity index (χ0) is 16.8. The number of fused-ring (bicyclic) bond motifs is 1. The highest BCUT2D eigenvalue weighted by Crippen LogP contribution is 2.43. The molecule has 0 saturated carbocycles. The molecule has 0 bridgehead atoms. The van der Waals surface area contributed by atoms with E-state index in [1.807, 2.05) is 0 Å². The Balaban J connectivity index is 1.97.